The topological polar surface area (TPSA) is 67.2 Å². The number of Topliss-reactive ketones (excluding diaryl/α,β-unsaturated/α-hetero) is 1. The van der Waals surface area contributed by atoms with E-state index >= 15 is 0 Å². The van der Waals surface area contributed by atoms with Gasteiger partial charge in [0.25, 0.3) is 0 Å². The Morgan fingerprint density at radius 1 is 1.26 bits per heavy atom. The van der Waals surface area contributed by atoms with Crippen LogP contribution in [0.15, 0.2) is 24.3 Å². The zero-order valence-electron chi connectivity index (χ0n) is 13.8. The summed E-state index contributed by atoms with van der Waals surface area (Å²) in [6.45, 7) is 3.43. The van der Waals surface area contributed by atoms with Gasteiger partial charge < -0.3 is 4.74 Å². The Morgan fingerprint density at radius 2 is 1.91 bits per heavy atom. The van der Waals surface area contributed by atoms with Gasteiger partial charge in [-0.15, -0.1) is 0 Å². The molecule has 122 valence electrons. The van der Waals surface area contributed by atoms with Crippen molar-refractivity contribution in [3.63, 3.8) is 0 Å². The third kappa shape index (κ3) is 3.44. The summed E-state index contributed by atoms with van der Waals surface area (Å²) in [5.41, 5.74) is -0.523. The molecule has 1 aromatic carbocycles. The molecule has 1 unspecified atom stereocenters. The molecule has 0 amide bonds. The number of ketones is 1. The highest BCUT2D eigenvalue weighted by atomic mass is 16.5. The van der Waals surface area contributed by atoms with E-state index in [4.69, 9.17) is 4.74 Å². The molecule has 0 saturated heterocycles. The summed E-state index contributed by atoms with van der Waals surface area (Å²) in [6.07, 6.45) is 5.06. The minimum atomic E-state index is -1.46. The normalized spacial score (nSPS) is 17.8. The first-order chi connectivity index (χ1) is 11.0. The molecule has 23 heavy (non-hydrogen) atoms. The Bertz CT molecular complexity index is 626. The third-order valence-corrected chi connectivity index (χ3v) is 4.61. The maximum atomic E-state index is 12.9. The zero-order chi connectivity index (χ0) is 16.9. The number of nitriles is 1. The van der Waals surface area contributed by atoms with Gasteiger partial charge in [-0.3, -0.25) is 4.79 Å². The second-order valence-corrected chi connectivity index (χ2v) is 6.20. The highest BCUT2D eigenvalue weighted by molar-refractivity contribution is 6.02. The van der Waals surface area contributed by atoms with Crippen LogP contribution in [0, 0.1) is 17.2 Å². The van der Waals surface area contributed by atoms with Gasteiger partial charge in [-0.25, -0.2) is 4.79 Å². The largest absolute Gasteiger partial charge is 0.465 e. The van der Waals surface area contributed by atoms with Gasteiger partial charge in [0.15, 0.2) is 11.2 Å². The van der Waals surface area contributed by atoms with E-state index in [-0.39, 0.29) is 18.3 Å². The van der Waals surface area contributed by atoms with Crippen molar-refractivity contribution < 1.29 is 14.3 Å². The fourth-order valence-electron chi connectivity index (χ4n) is 3.21. The molecule has 4 nitrogen and oxygen atoms in total. The molecule has 1 aliphatic rings. The lowest BCUT2D eigenvalue weighted by Gasteiger charge is -2.25. The predicted molar refractivity (Wildman–Crippen MR) is 86.9 cm³/mol. The monoisotopic (exact) mass is 313 g/mol. The predicted octanol–water partition coefficient (Wildman–Crippen LogP) is 3.79. The van der Waals surface area contributed by atoms with Crippen molar-refractivity contribution in [2.45, 2.75) is 51.4 Å². The zero-order valence-corrected chi connectivity index (χ0v) is 13.8. The number of nitrogens with zero attached hydrogens (tertiary/aromatic N) is 1. The molecule has 1 atom stereocenters. The van der Waals surface area contributed by atoms with E-state index < -0.39 is 11.4 Å². The van der Waals surface area contributed by atoms with E-state index in [1.54, 1.807) is 31.2 Å². The summed E-state index contributed by atoms with van der Waals surface area (Å²) >= 11 is 0. The quantitative estimate of drug-likeness (QED) is 0.612. The fourth-order valence-corrected chi connectivity index (χ4v) is 3.21. The molecule has 0 bridgehead atoms. The maximum Gasteiger partial charge on any atom is 0.330 e. The molecular weight excluding hydrogens is 290 g/mol. The number of hydrogen-bond acceptors (Lipinski definition) is 4. The molecule has 2 rings (SSSR count). The second kappa shape index (κ2) is 7.41. The van der Waals surface area contributed by atoms with Crippen molar-refractivity contribution in [3.8, 4) is 6.07 Å². The highest BCUT2D eigenvalue weighted by Crippen LogP contribution is 2.33. The number of benzene rings is 1. The van der Waals surface area contributed by atoms with Gasteiger partial charge >= 0.3 is 5.97 Å². The van der Waals surface area contributed by atoms with Crippen molar-refractivity contribution in [3.05, 3.63) is 35.4 Å². The number of ether oxygens (including phenoxy) is 1. The molecule has 1 aliphatic carbocycles. The first-order valence-electron chi connectivity index (χ1n) is 8.26. The molecule has 0 aliphatic heterocycles. The molecule has 1 saturated carbocycles. The van der Waals surface area contributed by atoms with E-state index in [1.807, 2.05) is 0 Å². The summed E-state index contributed by atoms with van der Waals surface area (Å²) < 4.78 is 5.06. The second-order valence-electron chi connectivity index (χ2n) is 6.20. The lowest BCUT2D eigenvalue weighted by molar-refractivity contribution is -0.147. The van der Waals surface area contributed by atoms with Crippen LogP contribution in [-0.4, -0.2) is 18.4 Å². The molecule has 0 aromatic heterocycles. The maximum absolute atomic E-state index is 12.9. The Kier molecular flexibility index (Phi) is 5.54. The van der Waals surface area contributed by atoms with Gasteiger partial charge in [0.1, 0.15) is 0 Å². The van der Waals surface area contributed by atoms with Gasteiger partial charge in [-0.1, -0.05) is 43.5 Å². The molecule has 0 spiro atoms. The van der Waals surface area contributed by atoms with Crippen molar-refractivity contribution in [2.75, 3.05) is 6.61 Å². The Hall–Kier alpha value is -2.15. The van der Waals surface area contributed by atoms with Gasteiger partial charge in [0.05, 0.1) is 12.7 Å². The molecule has 4 heteroatoms. The van der Waals surface area contributed by atoms with Gasteiger partial charge in [0, 0.05) is 11.5 Å². The van der Waals surface area contributed by atoms with Crippen LogP contribution in [0.25, 0.3) is 0 Å². The number of esters is 1. The van der Waals surface area contributed by atoms with Gasteiger partial charge in [-0.2, -0.15) is 5.26 Å². The van der Waals surface area contributed by atoms with E-state index in [9.17, 15) is 14.9 Å². The van der Waals surface area contributed by atoms with E-state index in [0.717, 1.165) is 25.7 Å². The summed E-state index contributed by atoms with van der Waals surface area (Å²) in [6, 6.07) is 9.00. The van der Waals surface area contributed by atoms with Gasteiger partial charge in [0.2, 0.25) is 0 Å². The average molecular weight is 313 g/mol. The van der Waals surface area contributed by atoms with Crippen LogP contribution in [0.3, 0.4) is 0 Å². The lowest BCUT2D eigenvalue weighted by Crippen LogP contribution is -2.35. The number of carbonyl (C=O) groups excluding carboxylic acids is 2. The number of carbonyl (C=O) groups is 2. The molecule has 1 fully saturated rings. The highest BCUT2D eigenvalue weighted by Gasteiger charge is 2.40. The molecule has 0 N–H and O–H groups in total. The Balaban J connectivity index is 2.41. The molecule has 0 radical (unpaired) electrons. The van der Waals surface area contributed by atoms with Crippen molar-refractivity contribution in [2.24, 2.45) is 5.92 Å². The molecule has 1 aromatic rings. The fraction of sp³-hybridized carbons (Fsp3) is 0.526. The van der Waals surface area contributed by atoms with Crippen molar-refractivity contribution in [1.29, 1.82) is 5.26 Å². The Labute approximate surface area is 137 Å². The number of hydrogen-bond donors (Lipinski definition) is 0. The van der Waals surface area contributed by atoms with Crippen LogP contribution in [-0.2, 0) is 14.9 Å². The van der Waals surface area contributed by atoms with E-state index in [2.05, 4.69) is 6.07 Å². The minimum Gasteiger partial charge on any atom is -0.465 e. The third-order valence-electron chi connectivity index (χ3n) is 4.61. The van der Waals surface area contributed by atoms with Crippen LogP contribution in [0.1, 0.15) is 61.9 Å². The average Bonchev–Trinajstić information content (AvgIpc) is 2.61. The van der Waals surface area contributed by atoms with E-state index in [1.165, 1.54) is 13.3 Å². The SMILES string of the molecule is CCOC(=O)C(C)(C#N)c1ccccc1C(=O)C1CCCCC1. The van der Waals surface area contributed by atoms with Crippen LogP contribution in [0.5, 0.6) is 0 Å². The molecular formula is C19H23NO3. The molecule has 0 heterocycles. The summed E-state index contributed by atoms with van der Waals surface area (Å²) in [7, 11) is 0. The van der Waals surface area contributed by atoms with Crippen LogP contribution >= 0.6 is 0 Å². The summed E-state index contributed by atoms with van der Waals surface area (Å²) in [5, 5.41) is 9.59. The minimum absolute atomic E-state index is 0.00459. The Morgan fingerprint density at radius 3 is 2.52 bits per heavy atom. The smallest absolute Gasteiger partial charge is 0.330 e. The van der Waals surface area contributed by atoms with Crippen LogP contribution in [0.2, 0.25) is 0 Å². The first kappa shape index (κ1) is 17.2. The first-order valence-corrected chi connectivity index (χ1v) is 8.26. The standard InChI is InChI=1S/C19H23NO3/c1-3-23-18(22)19(2,13-20)16-12-8-7-11-15(16)17(21)14-9-5-4-6-10-14/h7-8,11-12,14H,3-6,9-10H2,1-2H3. The van der Waals surface area contributed by atoms with E-state index in [0.29, 0.717) is 11.1 Å². The van der Waals surface area contributed by atoms with Crippen LogP contribution < -0.4 is 0 Å². The van der Waals surface area contributed by atoms with Crippen molar-refractivity contribution in [1.82, 2.24) is 0 Å². The summed E-state index contributed by atoms with van der Waals surface area (Å²) in [5.74, 6) is -0.562. The van der Waals surface area contributed by atoms with Crippen LogP contribution in [0.4, 0.5) is 0 Å². The van der Waals surface area contributed by atoms with Gasteiger partial charge in [-0.05, 0) is 32.3 Å². The van der Waals surface area contributed by atoms with Crippen molar-refractivity contribution >= 4 is 11.8 Å². The lowest BCUT2D eigenvalue weighted by atomic mass is 9.76. The summed E-state index contributed by atoms with van der Waals surface area (Å²) in [4.78, 5) is 25.2. The number of rotatable bonds is 5.